The Morgan fingerprint density at radius 3 is 2.79 bits per heavy atom. The highest BCUT2D eigenvalue weighted by Gasteiger charge is 2.11. The minimum atomic E-state index is -0.231. The lowest BCUT2D eigenvalue weighted by molar-refractivity contribution is 0.0754. The van der Waals surface area contributed by atoms with Gasteiger partial charge in [-0.3, -0.25) is 4.79 Å². The van der Waals surface area contributed by atoms with E-state index in [4.69, 9.17) is 4.74 Å². The fraction of sp³-hybridized carbons (Fsp3) is 0.533. The number of carbonyl (C=O) groups excluding carboxylic acids is 1. The predicted octanol–water partition coefficient (Wildman–Crippen LogP) is 2.64. The Morgan fingerprint density at radius 1 is 1.37 bits per heavy atom. The molecule has 1 aromatic carbocycles. The van der Waals surface area contributed by atoms with Gasteiger partial charge >= 0.3 is 0 Å². The van der Waals surface area contributed by atoms with Gasteiger partial charge in [0.15, 0.2) is 0 Å². The van der Waals surface area contributed by atoms with Crippen LogP contribution in [0.4, 0.5) is 0 Å². The Hall–Kier alpha value is -1.55. The van der Waals surface area contributed by atoms with Crippen LogP contribution in [0.5, 0.6) is 5.75 Å². The molecule has 0 aliphatic carbocycles. The molecule has 4 nitrogen and oxygen atoms in total. The van der Waals surface area contributed by atoms with Gasteiger partial charge in [0.1, 0.15) is 5.75 Å². The van der Waals surface area contributed by atoms with Crippen molar-refractivity contribution in [3.05, 3.63) is 29.3 Å². The smallest absolute Gasteiger partial charge is 0.255 e. The van der Waals surface area contributed by atoms with Gasteiger partial charge in [0.2, 0.25) is 0 Å². The number of hydrogen-bond donors (Lipinski definition) is 2. The molecule has 0 spiro atoms. The zero-order valence-corrected chi connectivity index (χ0v) is 11.9. The second-order valence-corrected chi connectivity index (χ2v) is 4.85. The molecule has 19 heavy (non-hydrogen) atoms. The summed E-state index contributed by atoms with van der Waals surface area (Å²) in [6.45, 7) is 7.08. The second-order valence-electron chi connectivity index (χ2n) is 4.85. The minimum Gasteiger partial charge on any atom is -0.507 e. The number of para-hydroxylation sites is 1. The van der Waals surface area contributed by atoms with Crippen molar-refractivity contribution in [3.8, 4) is 5.75 Å². The number of unbranched alkanes of at least 4 members (excludes halogenated alkanes) is 1. The number of aryl methyl sites for hydroxylation is 1. The Bertz CT molecular complexity index is 416. The highest BCUT2D eigenvalue weighted by atomic mass is 16.5. The number of hydrogen-bond acceptors (Lipinski definition) is 3. The van der Waals surface area contributed by atoms with Crippen molar-refractivity contribution in [1.82, 2.24) is 5.32 Å². The highest BCUT2D eigenvalue weighted by molar-refractivity contribution is 5.97. The van der Waals surface area contributed by atoms with Crippen LogP contribution >= 0.6 is 0 Å². The second kappa shape index (κ2) is 7.79. The molecule has 0 saturated carbocycles. The lowest BCUT2D eigenvalue weighted by Gasteiger charge is -2.09. The van der Waals surface area contributed by atoms with Gasteiger partial charge in [-0.2, -0.15) is 0 Å². The van der Waals surface area contributed by atoms with E-state index >= 15 is 0 Å². The minimum absolute atomic E-state index is 0.0585. The number of aromatic hydroxyl groups is 1. The maximum Gasteiger partial charge on any atom is 0.255 e. The first-order valence-electron chi connectivity index (χ1n) is 6.70. The molecule has 1 rings (SSSR count). The van der Waals surface area contributed by atoms with Crippen LogP contribution < -0.4 is 5.32 Å². The first kappa shape index (κ1) is 15.5. The average Bonchev–Trinajstić information content (AvgIpc) is 2.36. The number of nitrogens with one attached hydrogen (secondary N) is 1. The maximum absolute atomic E-state index is 11.9. The third-order valence-electron chi connectivity index (χ3n) is 2.79. The van der Waals surface area contributed by atoms with E-state index in [0.717, 1.165) is 12.8 Å². The van der Waals surface area contributed by atoms with Crippen LogP contribution in [0.15, 0.2) is 18.2 Å². The number of phenols is 1. The van der Waals surface area contributed by atoms with Crippen LogP contribution in [0.2, 0.25) is 0 Å². The summed E-state index contributed by atoms with van der Waals surface area (Å²) in [5.41, 5.74) is 1.04. The van der Waals surface area contributed by atoms with E-state index in [0.29, 0.717) is 24.3 Å². The molecule has 0 saturated heterocycles. The van der Waals surface area contributed by atoms with Gasteiger partial charge in [-0.25, -0.2) is 0 Å². The van der Waals surface area contributed by atoms with Crippen LogP contribution in [0.1, 0.15) is 42.6 Å². The fourth-order valence-corrected chi connectivity index (χ4v) is 1.69. The Morgan fingerprint density at radius 2 is 2.11 bits per heavy atom. The van der Waals surface area contributed by atoms with Gasteiger partial charge in [-0.1, -0.05) is 12.1 Å². The van der Waals surface area contributed by atoms with Gasteiger partial charge in [0, 0.05) is 13.2 Å². The molecule has 0 aromatic heterocycles. The van der Waals surface area contributed by atoms with Gasteiger partial charge in [0.05, 0.1) is 11.7 Å². The molecule has 0 unspecified atom stereocenters. The van der Waals surface area contributed by atoms with E-state index in [2.05, 4.69) is 5.32 Å². The van der Waals surface area contributed by atoms with Crippen LogP contribution in [-0.2, 0) is 4.74 Å². The van der Waals surface area contributed by atoms with Crippen molar-refractivity contribution < 1.29 is 14.6 Å². The molecule has 0 radical (unpaired) electrons. The van der Waals surface area contributed by atoms with Crippen LogP contribution in [-0.4, -0.2) is 30.3 Å². The topological polar surface area (TPSA) is 58.6 Å². The first-order valence-corrected chi connectivity index (χ1v) is 6.70. The number of ether oxygens (including phenoxy) is 1. The fourth-order valence-electron chi connectivity index (χ4n) is 1.69. The molecule has 4 heteroatoms. The van der Waals surface area contributed by atoms with E-state index in [9.17, 15) is 9.90 Å². The van der Waals surface area contributed by atoms with Gasteiger partial charge in [0.25, 0.3) is 5.91 Å². The van der Waals surface area contributed by atoms with E-state index in [-0.39, 0.29) is 17.8 Å². The molecule has 0 aliphatic rings. The van der Waals surface area contributed by atoms with E-state index in [1.807, 2.05) is 13.8 Å². The summed E-state index contributed by atoms with van der Waals surface area (Å²) >= 11 is 0. The number of phenolic OH excluding ortho intramolecular Hbond substituents is 1. The van der Waals surface area contributed by atoms with Gasteiger partial charge in [-0.05, 0) is 45.2 Å². The lowest BCUT2D eigenvalue weighted by atomic mass is 10.1. The molecule has 0 heterocycles. The SMILES string of the molecule is Cc1cccc(C(=O)NCCCCOC(C)C)c1O. The maximum atomic E-state index is 11.9. The standard InChI is InChI=1S/C15H23NO3/c1-11(2)19-10-5-4-9-16-15(18)13-8-6-7-12(3)14(13)17/h6-8,11,17H,4-5,9-10H2,1-3H3,(H,16,18). The Labute approximate surface area is 114 Å². The molecule has 2 N–H and O–H groups in total. The summed E-state index contributed by atoms with van der Waals surface area (Å²) in [6, 6.07) is 5.16. The molecular formula is C15H23NO3. The van der Waals surface area contributed by atoms with Crippen LogP contribution in [0, 0.1) is 6.92 Å². The number of benzene rings is 1. The number of carbonyl (C=O) groups is 1. The van der Waals surface area contributed by atoms with Crippen molar-refractivity contribution in [2.24, 2.45) is 0 Å². The summed E-state index contributed by atoms with van der Waals surface area (Å²) in [7, 11) is 0. The first-order chi connectivity index (χ1) is 9.02. The number of rotatable bonds is 7. The zero-order valence-electron chi connectivity index (χ0n) is 11.9. The van der Waals surface area contributed by atoms with E-state index in [1.165, 1.54) is 0 Å². The highest BCUT2D eigenvalue weighted by Crippen LogP contribution is 2.20. The normalized spacial score (nSPS) is 10.7. The van der Waals surface area contributed by atoms with Crippen molar-refractivity contribution in [2.75, 3.05) is 13.2 Å². The van der Waals surface area contributed by atoms with Crippen molar-refractivity contribution in [1.29, 1.82) is 0 Å². The monoisotopic (exact) mass is 265 g/mol. The van der Waals surface area contributed by atoms with E-state index in [1.54, 1.807) is 25.1 Å². The molecule has 0 atom stereocenters. The molecule has 0 aliphatic heterocycles. The summed E-state index contributed by atoms with van der Waals surface area (Å²) in [5.74, 6) is -0.172. The summed E-state index contributed by atoms with van der Waals surface area (Å²) in [5, 5.41) is 12.6. The van der Waals surface area contributed by atoms with Crippen molar-refractivity contribution >= 4 is 5.91 Å². The van der Waals surface area contributed by atoms with E-state index < -0.39 is 0 Å². The largest absolute Gasteiger partial charge is 0.507 e. The zero-order chi connectivity index (χ0) is 14.3. The van der Waals surface area contributed by atoms with Gasteiger partial charge < -0.3 is 15.2 Å². The van der Waals surface area contributed by atoms with Gasteiger partial charge in [-0.15, -0.1) is 0 Å². The van der Waals surface area contributed by atoms with Crippen LogP contribution in [0.25, 0.3) is 0 Å². The van der Waals surface area contributed by atoms with Crippen LogP contribution in [0.3, 0.4) is 0 Å². The summed E-state index contributed by atoms with van der Waals surface area (Å²) in [6.07, 6.45) is 2.03. The average molecular weight is 265 g/mol. The number of amides is 1. The molecule has 0 bridgehead atoms. The Kier molecular flexibility index (Phi) is 6.36. The molecule has 1 amide bonds. The molecular weight excluding hydrogens is 242 g/mol. The van der Waals surface area contributed by atoms with Crippen molar-refractivity contribution in [2.45, 2.75) is 39.7 Å². The summed E-state index contributed by atoms with van der Waals surface area (Å²) < 4.78 is 5.42. The third-order valence-corrected chi connectivity index (χ3v) is 2.79. The predicted molar refractivity (Wildman–Crippen MR) is 75.5 cm³/mol. The Balaban J connectivity index is 2.30. The summed E-state index contributed by atoms with van der Waals surface area (Å²) in [4.78, 5) is 11.9. The van der Waals surface area contributed by atoms with Crippen molar-refractivity contribution in [3.63, 3.8) is 0 Å². The quantitative estimate of drug-likeness (QED) is 0.745. The molecule has 0 fully saturated rings. The third kappa shape index (κ3) is 5.30. The lowest BCUT2D eigenvalue weighted by Crippen LogP contribution is -2.24. The molecule has 106 valence electrons. The molecule has 1 aromatic rings.